The van der Waals surface area contributed by atoms with E-state index in [0.717, 1.165) is 27.8 Å². The van der Waals surface area contributed by atoms with E-state index in [9.17, 15) is 5.11 Å². The first-order valence-corrected chi connectivity index (χ1v) is 10.3. The Hall–Kier alpha value is -4.14. The van der Waals surface area contributed by atoms with E-state index in [1.54, 1.807) is 6.07 Å². The summed E-state index contributed by atoms with van der Waals surface area (Å²) in [6.45, 7) is 0. The average Bonchev–Trinajstić information content (AvgIpc) is 2.83. The van der Waals surface area contributed by atoms with Crippen LogP contribution in [0.3, 0.4) is 0 Å². The van der Waals surface area contributed by atoms with Gasteiger partial charge in [0, 0.05) is 0 Å². The standard InChI is InChI=1S/C30H24O.H3N/c31-30-23-20-27(19-16-24-10-4-1-5-11-24)28(21-17-25-12-6-2-7-13-25)29(30)22-18-26-14-8-3-9-15-26;/h1-23,31H;1H3/b19-16+,21-17+,22-18+;. The van der Waals surface area contributed by atoms with Crippen molar-refractivity contribution in [3.05, 3.63) is 137 Å². The van der Waals surface area contributed by atoms with Crippen molar-refractivity contribution in [2.24, 2.45) is 0 Å². The average molecular weight is 418 g/mol. The highest BCUT2D eigenvalue weighted by molar-refractivity contribution is 5.87. The van der Waals surface area contributed by atoms with Gasteiger partial charge in [0.25, 0.3) is 0 Å². The second-order valence-corrected chi connectivity index (χ2v) is 7.21. The Bertz CT molecular complexity index is 1210. The molecular formula is C30H27NO. The van der Waals surface area contributed by atoms with E-state index in [2.05, 4.69) is 42.5 Å². The minimum atomic E-state index is 0. The molecule has 2 nitrogen and oxygen atoms in total. The predicted octanol–water partition coefficient (Wildman–Crippen LogP) is 7.65. The van der Waals surface area contributed by atoms with Gasteiger partial charge in [-0.1, -0.05) is 140 Å². The van der Waals surface area contributed by atoms with Crippen molar-refractivity contribution in [1.29, 1.82) is 0 Å². The molecule has 32 heavy (non-hydrogen) atoms. The fourth-order valence-corrected chi connectivity index (χ4v) is 3.37. The molecule has 4 rings (SSSR count). The summed E-state index contributed by atoms with van der Waals surface area (Å²) in [5.41, 5.74) is 5.87. The molecule has 4 aromatic carbocycles. The maximum atomic E-state index is 12.8. The highest BCUT2D eigenvalue weighted by Gasteiger charge is 2.04. The largest absolute Gasteiger partial charge is 0.872 e. The second kappa shape index (κ2) is 11.3. The molecule has 4 N–H and O–H groups in total. The molecule has 2 heteroatoms. The van der Waals surface area contributed by atoms with Crippen LogP contribution in [0.2, 0.25) is 0 Å². The van der Waals surface area contributed by atoms with Gasteiger partial charge in [0.1, 0.15) is 0 Å². The molecule has 0 aliphatic rings. The van der Waals surface area contributed by atoms with Crippen molar-refractivity contribution in [3.63, 3.8) is 0 Å². The molecule has 0 saturated heterocycles. The third-order valence-electron chi connectivity index (χ3n) is 5.02. The molecule has 158 valence electrons. The third-order valence-corrected chi connectivity index (χ3v) is 5.02. The normalized spacial score (nSPS) is 11.2. The number of hydrogen-bond donors (Lipinski definition) is 1. The molecule has 0 heterocycles. The van der Waals surface area contributed by atoms with Crippen molar-refractivity contribution in [1.82, 2.24) is 6.15 Å². The lowest BCUT2D eigenvalue weighted by atomic mass is 9.96. The zero-order valence-corrected chi connectivity index (χ0v) is 18.2. The Morgan fingerprint density at radius 1 is 0.406 bits per heavy atom. The van der Waals surface area contributed by atoms with Crippen molar-refractivity contribution in [3.8, 4) is 5.75 Å². The molecule has 0 fully saturated rings. The van der Waals surface area contributed by atoms with Crippen LogP contribution in [0.25, 0.3) is 36.5 Å². The lowest BCUT2D eigenvalue weighted by molar-refractivity contribution is -0.268. The predicted molar refractivity (Wildman–Crippen MR) is 138 cm³/mol. The number of quaternary nitrogens is 1. The van der Waals surface area contributed by atoms with E-state index in [4.69, 9.17) is 0 Å². The Morgan fingerprint density at radius 2 is 0.812 bits per heavy atom. The molecule has 0 spiro atoms. The lowest BCUT2D eigenvalue weighted by Gasteiger charge is -2.16. The fraction of sp³-hybridized carbons (Fsp3) is 0. The second-order valence-electron chi connectivity index (χ2n) is 7.21. The molecule has 0 bridgehead atoms. The Kier molecular flexibility index (Phi) is 7.96. The van der Waals surface area contributed by atoms with E-state index in [-0.39, 0.29) is 11.9 Å². The van der Waals surface area contributed by atoms with Crippen LogP contribution in [0.4, 0.5) is 0 Å². The topological polar surface area (TPSA) is 59.6 Å². The van der Waals surface area contributed by atoms with Crippen LogP contribution in [0.1, 0.15) is 33.4 Å². The van der Waals surface area contributed by atoms with Crippen LogP contribution in [-0.4, -0.2) is 0 Å². The number of hydrogen-bond acceptors (Lipinski definition) is 1. The van der Waals surface area contributed by atoms with E-state index < -0.39 is 0 Å². The maximum Gasteiger partial charge on any atom is -0.0117 e. The van der Waals surface area contributed by atoms with Crippen LogP contribution in [0.15, 0.2) is 103 Å². The maximum absolute atomic E-state index is 12.8. The summed E-state index contributed by atoms with van der Waals surface area (Å²) in [5.74, 6) is 0.0109. The van der Waals surface area contributed by atoms with Crippen LogP contribution >= 0.6 is 0 Å². The van der Waals surface area contributed by atoms with Crippen molar-refractivity contribution < 1.29 is 5.11 Å². The van der Waals surface area contributed by atoms with E-state index >= 15 is 0 Å². The van der Waals surface area contributed by atoms with Gasteiger partial charge >= 0.3 is 0 Å². The Morgan fingerprint density at radius 3 is 1.28 bits per heavy atom. The van der Waals surface area contributed by atoms with Gasteiger partial charge in [0.2, 0.25) is 0 Å². The van der Waals surface area contributed by atoms with Gasteiger partial charge in [-0.05, 0) is 33.4 Å². The summed E-state index contributed by atoms with van der Waals surface area (Å²) in [6.07, 6.45) is 12.1. The molecule has 0 aliphatic heterocycles. The third kappa shape index (κ3) is 5.94. The van der Waals surface area contributed by atoms with Crippen LogP contribution in [0.5, 0.6) is 5.75 Å². The van der Waals surface area contributed by atoms with Gasteiger partial charge in [0.05, 0.1) is 0 Å². The first-order valence-electron chi connectivity index (χ1n) is 10.3. The summed E-state index contributed by atoms with van der Waals surface area (Å²) in [6, 6.07) is 33.9. The quantitative estimate of drug-likeness (QED) is 0.322. The zero-order chi connectivity index (χ0) is 21.3. The Labute approximate surface area is 190 Å². The van der Waals surface area contributed by atoms with Gasteiger partial charge in [-0.25, -0.2) is 0 Å². The first-order chi connectivity index (χ1) is 15.3. The van der Waals surface area contributed by atoms with Gasteiger partial charge in [0.15, 0.2) is 0 Å². The zero-order valence-electron chi connectivity index (χ0n) is 18.2. The van der Waals surface area contributed by atoms with E-state index in [1.807, 2.05) is 91.0 Å². The summed E-state index contributed by atoms with van der Waals surface area (Å²) >= 11 is 0. The molecule has 0 amide bonds. The van der Waals surface area contributed by atoms with E-state index in [0.29, 0.717) is 5.56 Å². The smallest absolute Gasteiger partial charge is 0.0117 e. The van der Waals surface area contributed by atoms with Gasteiger partial charge in [-0.15, -0.1) is 5.75 Å². The molecule has 0 aromatic heterocycles. The Balaban J connectivity index is 0.00000289. The highest BCUT2D eigenvalue weighted by Crippen LogP contribution is 2.28. The van der Waals surface area contributed by atoms with Crippen molar-refractivity contribution in [2.45, 2.75) is 0 Å². The number of benzene rings is 4. The minimum Gasteiger partial charge on any atom is -0.872 e. The van der Waals surface area contributed by atoms with Crippen LogP contribution in [0, 0.1) is 0 Å². The first kappa shape index (κ1) is 22.5. The van der Waals surface area contributed by atoms with E-state index in [1.165, 1.54) is 0 Å². The van der Waals surface area contributed by atoms with Crippen molar-refractivity contribution in [2.75, 3.05) is 0 Å². The SMILES string of the molecule is [NH4+].[O-]c1ccc(/C=C/c2ccccc2)c(/C=C/c2ccccc2)c1/C=C/c1ccccc1. The summed E-state index contributed by atoms with van der Waals surface area (Å²) in [4.78, 5) is 0. The molecule has 0 unspecified atom stereocenters. The van der Waals surface area contributed by atoms with Gasteiger partial charge in [-0.2, -0.15) is 0 Å². The molecule has 0 aliphatic carbocycles. The fourth-order valence-electron chi connectivity index (χ4n) is 3.37. The summed E-state index contributed by atoms with van der Waals surface area (Å²) < 4.78 is 0. The molecule has 4 aromatic rings. The minimum absolute atomic E-state index is 0. The monoisotopic (exact) mass is 417 g/mol. The van der Waals surface area contributed by atoms with Gasteiger partial charge in [-0.3, -0.25) is 0 Å². The molecule has 0 atom stereocenters. The lowest BCUT2D eigenvalue weighted by Crippen LogP contribution is -1.97. The highest BCUT2D eigenvalue weighted by atomic mass is 16.3. The van der Waals surface area contributed by atoms with Crippen LogP contribution < -0.4 is 11.3 Å². The summed E-state index contributed by atoms with van der Waals surface area (Å²) in [7, 11) is 0. The van der Waals surface area contributed by atoms with Crippen LogP contribution in [-0.2, 0) is 0 Å². The number of rotatable bonds is 6. The molecule has 0 radical (unpaired) electrons. The molecule has 0 saturated carbocycles. The van der Waals surface area contributed by atoms with Crippen molar-refractivity contribution >= 4 is 36.5 Å². The summed E-state index contributed by atoms with van der Waals surface area (Å²) in [5, 5.41) is 12.8. The molecular weight excluding hydrogens is 390 g/mol. The van der Waals surface area contributed by atoms with Gasteiger partial charge < -0.3 is 11.3 Å².